The van der Waals surface area contributed by atoms with Crippen molar-refractivity contribution in [3.8, 4) is 11.1 Å². The molecule has 4 rings (SSSR count). The molecule has 0 saturated carbocycles. The minimum absolute atomic E-state index is 0.0645. The van der Waals surface area contributed by atoms with Gasteiger partial charge >= 0.3 is 6.18 Å². The number of alkyl halides is 3. The Morgan fingerprint density at radius 3 is 2.48 bits per heavy atom. The zero-order chi connectivity index (χ0) is 20.8. The molecule has 0 bridgehead atoms. The molecule has 3 heterocycles. The molecule has 5 N–H and O–H groups in total. The van der Waals surface area contributed by atoms with E-state index >= 15 is 0 Å². The van der Waals surface area contributed by atoms with Gasteiger partial charge in [0.05, 0.1) is 11.3 Å². The van der Waals surface area contributed by atoms with E-state index in [-0.39, 0.29) is 5.84 Å². The number of fused-ring (bicyclic) bond motifs is 1. The summed E-state index contributed by atoms with van der Waals surface area (Å²) in [6.07, 6.45) is -2.81. The van der Waals surface area contributed by atoms with Gasteiger partial charge < -0.3 is 20.1 Å². The van der Waals surface area contributed by atoms with Gasteiger partial charge in [0.15, 0.2) is 5.79 Å². The number of aromatic nitrogens is 2. The third-order valence-corrected chi connectivity index (χ3v) is 4.72. The highest BCUT2D eigenvalue weighted by molar-refractivity contribution is 6.05. The molecule has 152 valence electrons. The third kappa shape index (κ3) is 3.58. The van der Waals surface area contributed by atoms with Crippen molar-refractivity contribution in [2.75, 3.05) is 11.9 Å². The first-order valence-corrected chi connectivity index (χ1v) is 8.84. The van der Waals surface area contributed by atoms with E-state index in [1.54, 1.807) is 24.4 Å². The summed E-state index contributed by atoms with van der Waals surface area (Å²) in [7, 11) is 0. The molecular weight excluding hydrogens is 385 g/mol. The normalized spacial score (nSPS) is 20.3. The quantitative estimate of drug-likeness (QED) is 0.536. The maximum absolute atomic E-state index is 12.7. The first kappa shape index (κ1) is 19.1. The van der Waals surface area contributed by atoms with Crippen LogP contribution in [0.5, 0.6) is 0 Å². The third-order valence-electron chi connectivity index (χ3n) is 4.72. The zero-order valence-electron chi connectivity index (χ0n) is 15.7. The zero-order valence-corrected chi connectivity index (χ0v) is 15.7. The van der Waals surface area contributed by atoms with Crippen molar-refractivity contribution in [3.05, 3.63) is 59.1 Å². The molecule has 0 fully saturated rings. The lowest BCUT2D eigenvalue weighted by Gasteiger charge is -2.38. The van der Waals surface area contributed by atoms with Crippen LogP contribution < -0.4 is 16.4 Å². The van der Waals surface area contributed by atoms with E-state index in [0.29, 0.717) is 22.7 Å². The lowest BCUT2D eigenvalue weighted by atomic mass is 9.99. The molecule has 1 aliphatic rings. The van der Waals surface area contributed by atoms with Crippen LogP contribution >= 0.6 is 0 Å². The number of amidine groups is 1. The van der Waals surface area contributed by atoms with Crippen molar-refractivity contribution in [3.63, 3.8) is 0 Å². The van der Waals surface area contributed by atoms with E-state index in [1.807, 2.05) is 26.0 Å². The predicted molar refractivity (Wildman–Crippen MR) is 102 cm³/mol. The van der Waals surface area contributed by atoms with Gasteiger partial charge in [0.2, 0.25) is 0 Å². The fourth-order valence-electron chi connectivity index (χ4n) is 3.39. The van der Waals surface area contributed by atoms with Crippen molar-refractivity contribution in [2.24, 2.45) is 10.7 Å². The Hall–Kier alpha value is -3.27. The van der Waals surface area contributed by atoms with Crippen LogP contribution in [-0.2, 0) is 5.79 Å². The van der Waals surface area contributed by atoms with Gasteiger partial charge in [-0.1, -0.05) is 29.4 Å². The fraction of sp³-hybridized carbons (Fsp3) is 0.263. The van der Waals surface area contributed by atoms with Crippen molar-refractivity contribution in [1.82, 2.24) is 15.5 Å². The Balaban J connectivity index is 1.68. The molecule has 7 nitrogen and oxygen atoms in total. The van der Waals surface area contributed by atoms with Crippen LogP contribution in [0, 0.1) is 13.8 Å². The smallest absolute Gasteiger partial charge is 0.361 e. The standard InChI is InChI=1S/C19H19F3N6O/c1-10-15(11(2)29-28-10)12-3-5-13(6-4-12)19(23)26-16-14(7-8-24-16)17(27-19)25-9-18(20,21)22/h3-8,24,26H,9,23H2,1-2H3,(H,25,27). The van der Waals surface area contributed by atoms with Crippen LogP contribution in [0.1, 0.15) is 22.6 Å². The number of anilines is 1. The van der Waals surface area contributed by atoms with Crippen molar-refractivity contribution in [1.29, 1.82) is 0 Å². The van der Waals surface area contributed by atoms with Gasteiger partial charge in [0.25, 0.3) is 0 Å². The van der Waals surface area contributed by atoms with Gasteiger partial charge in [-0.3, -0.25) is 10.7 Å². The van der Waals surface area contributed by atoms with Crippen molar-refractivity contribution in [2.45, 2.75) is 25.8 Å². The number of hydrogen-bond donors (Lipinski definition) is 4. The van der Waals surface area contributed by atoms with E-state index in [4.69, 9.17) is 10.3 Å². The molecule has 1 aromatic carbocycles. The number of nitrogens with zero attached hydrogens (tertiary/aromatic N) is 2. The molecule has 0 aliphatic carbocycles. The highest BCUT2D eigenvalue weighted by Crippen LogP contribution is 2.31. The van der Waals surface area contributed by atoms with Crippen LogP contribution in [0.4, 0.5) is 19.0 Å². The second kappa shape index (κ2) is 6.66. The Morgan fingerprint density at radius 2 is 1.86 bits per heavy atom. The van der Waals surface area contributed by atoms with Gasteiger partial charge in [-0.2, -0.15) is 13.2 Å². The van der Waals surface area contributed by atoms with Crippen molar-refractivity contribution < 1.29 is 17.7 Å². The summed E-state index contributed by atoms with van der Waals surface area (Å²) in [5, 5.41) is 9.95. The lowest BCUT2D eigenvalue weighted by Crippen LogP contribution is -2.61. The number of aliphatic imine (C=N–C) groups is 1. The average molecular weight is 404 g/mol. The number of nitrogens with two attached hydrogens (primary N) is 1. The molecule has 1 unspecified atom stereocenters. The second-order valence-electron chi connectivity index (χ2n) is 6.88. The number of H-pyrrole nitrogens is 1. The predicted octanol–water partition coefficient (Wildman–Crippen LogP) is 3.38. The van der Waals surface area contributed by atoms with Crippen LogP contribution in [0.15, 0.2) is 46.0 Å². The number of halogens is 3. The first-order valence-electron chi connectivity index (χ1n) is 8.84. The molecule has 0 radical (unpaired) electrons. The average Bonchev–Trinajstić information content (AvgIpc) is 3.25. The maximum Gasteiger partial charge on any atom is 0.408 e. The van der Waals surface area contributed by atoms with Crippen LogP contribution in [0.2, 0.25) is 0 Å². The van der Waals surface area contributed by atoms with Gasteiger partial charge in [-0.15, -0.1) is 0 Å². The molecule has 2 aromatic heterocycles. The number of benzene rings is 1. The highest BCUT2D eigenvalue weighted by Gasteiger charge is 2.36. The van der Waals surface area contributed by atoms with E-state index in [1.165, 1.54) is 0 Å². The van der Waals surface area contributed by atoms with Crippen molar-refractivity contribution >= 4 is 11.7 Å². The summed E-state index contributed by atoms with van der Waals surface area (Å²) in [6, 6.07) is 8.92. The van der Waals surface area contributed by atoms with E-state index in [2.05, 4.69) is 25.8 Å². The largest absolute Gasteiger partial charge is 0.408 e. The highest BCUT2D eigenvalue weighted by atomic mass is 19.4. The van der Waals surface area contributed by atoms with Crippen LogP contribution in [-0.4, -0.2) is 28.7 Å². The minimum Gasteiger partial charge on any atom is -0.361 e. The minimum atomic E-state index is -4.41. The van der Waals surface area contributed by atoms with Gasteiger partial charge in [-0.25, -0.2) is 0 Å². The van der Waals surface area contributed by atoms with Gasteiger partial charge in [0, 0.05) is 17.3 Å². The summed E-state index contributed by atoms with van der Waals surface area (Å²) in [5.41, 5.74) is 10.1. The Morgan fingerprint density at radius 1 is 1.14 bits per heavy atom. The molecule has 0 saturated heterocycles. The number of hydrogen-bond acceptors (Lipinski definition) is 5. The molecule has 0 amide bonds. The summed E-state index contributed by atoms with van der Waals surface area (Å²) in [5.74, 6) is -0.0969. The van der Waals surface area contributed by atoms with Crippen LogP contribution in [0.25, 0.3) is 11.1 Å². The van der Waals surface area contributed by atoms with E-state index in [0.717, 1.165) is 16.8 Å². The van der Waals surface area contributed by atoms with Crippen LogP contribution in [0.3, 0.4) is 0 Å². The van der Waals surface area contributed by atoms with Gasteiger partial charge in [-0.05, 0) is 25.5 Å². The van der Waals surface area contributed by atoms with E-state index in [9.17, 15) is 13.2 Å². The Kier molecular flexibility index (Phi) is 4.38. The Bertz CT molecular complexity index is 1050. The molecule has 29 heavy (non-hydrogen) atoms. The van der Waals surface area contributed by atoms with E-state index < -0.39 is 18.5 Å². The second-order valence-corrected chi connectivity index (χ2v) is 6.88. The number of aryl methyl sites for hydroxylation is 2. The number of nitrogens with one attached hydrogen (secondary N) is 3. The monoisotopic (exact) mass is 404 g/mol. The summed E-state index contributed by atoms with van der Waals surface area (Å²) < 4.78 is 43.2. The Labute approximate surface area is 164 Å². The maximum atomic E-state index is 12.7. The molecule has 3 aromatic rings. The molecule has 1 aliphatic heterocycles. The number of rotatable bonds is 3. The molecule has 10 heteroatoms. The summed E-state index contributed by atoms with van der Waals surface area (Å²) in [6.45, 7) is 2.37. The molecule has 1 atom stereocenters. The molecular formula is C19H19F3N6O. The SMILES string of the molecule is Cc1noc(C)c1-c1ccc(C2(N)NC(=NCC(F)(F)F)c3cc[nH]c3N2)cc1. The summed E-state index contributed by atoms with van der Waals surface area (Å²) >= 11 is 0. The summed E-state index contributed by atoms with van der Waals surface area (Å²) in [4.78, 5) is 6.63. The van der Waals surface area contributed by atoms with Gasteiger partial charge in [0.1, 0.15) is 24.0 Å². The first-order chi connectivity index (χ1) is 13.7. The lowest BCUT2D eigenvalue weighted by molar-refractivity contribution is -0.118. The number of aromatic amines is 1. The fourth-order valence-corrected chi connectivity index (χ4v) is 3.39. The topological polar surface area (TPSA) is 104 Å². The molecule has 0 spiro atoms.